The van der Waals surface area contributed by atoms with Crippen LogP contribution in [0, 0.1) is 0 Å². The maximum absolute atomic E-state index is 12.0. The highest BCUT2D eigenvalue weighted by Crippen LogP contribution is 2.27. The summed E-state index contributed by atoms with van der Waals surface area (Å²) < 4.78 is 40.7. The summed E-state index contributed by atoms with van der Waals surface area (Å²) in [4.78, 5) is 2.08. The standard InChI is InChI=1S/C14H19F3N2O/c15-14(16,17)10-20-7-6-19-5-1-2-12-8-11(9-18)3-4-13(12)19/h3-4,8H,1-2,5-7,9-10,18H2. The summed E-state index contributed by atoms with van der Waals surface area (Å²) in [7, 11) is 0. The Morgan fingerprint density at radius 1 is 1.30 bits per heavy atom. The first-order valence-corrected chi connectivity index (χ1v) is 6.71. The molecule has 2 rings (SSSR count). The first-order chi connectivity index (χ1) is 9.49. The van der Waals surface area contributed by atoms with Gasteiger partial charge in [-0.05, 0) is 30.0 Å². The summed E-state index contributed by atoms with van der Waals surface area (Å²) in [5.41, 5.74) is 9.00. The van der Waals surface area contributed by atoms with E-state index in [0.717, 1.165) is 30.6 Å². The molecule has 0 bridgehead atoms. The van der Waals surface area contributed by atoms with E-state index in [0.29, 0.717) is 13.1 Å². The molecule has 1 aliphatic heterocycles. The quantitative estimate of drug-likeness (QED) is 0.846. The Kier molecular flexibility index (Phi) is 4.88. The van der Waals surface area contributed by atoms with Crippen LogP contribution in [0.1, 0.15) is 17.5 Å². The number of rotatable bonds is 5. The number of anilines is 1. The molecule has 0 aliphatic carbocycles. The highest BCUT2D eigenvalue weighted by Gasteiger charge is 2.27. The van der Waals surface area contributed by atoms with Crippen LogP contribution in [-0.2, 0) is 17.7 Å². The Morgan fingerprint density at radius 2 is 2.10 bits per heavy atom. The van der Waals surface area contributed by atoms with Crippen molar-refractivity contribution in [1.29, 1.82) is 0 Å². The van der Waals surface area contributed by atoms with Gasteiger partial charge in [0.2, 0.25) is 0 Å². The van der Waals surface area contributed by atoms with Crippen LogP contribution in [0.15, 0.2) is 18.2 Å². The van der Waals surface area contributed by atoms with Gasteiger partial charge in [0, 0.05) is 25.3 Å². The minimum atomic E-state index is -4.25. The van der Waals surface area contributed by atoms with Gasteiger partial charge in [0.25, 0.3) is 0 Å². The zero-order chi connectivity index (χ0) is 14.6. The predicted molar refractivity (Wildman–Crippen MR) is 71.7 cm³/mol. The highest BCUT2D eigenvalue weighted by molar-refractivity contribution is 5.56. The summed E-state index contributed by atoms with van der Waals surface area (Å²) in [5, 5.41) is 0. The molecular weight excluding hydrogens is 269 g/mol. The number of hydrogen-bond donors (Lipinski definition) is 1. The van der Waals surface area contributed by atoms with E-state index in [1.54, 1.807) is 0 Å². The number of ether oxygens (including phenoxy) is 1. The zero-order valence-electron chi connectivity index (χ0n) is 11.2. The molecule has 0 radical (unpaired) electrons. The second kappa shape index (κ2) is 6.45. The van der Waals surface area contributed by atoms with Crippen molar-refractivity contribution < 1.29 is 17.9 Å². The fourth-order valence-electron chi connectivity index (χ4n) is 2.45. The molecule has 1 aliphatic rings. The lowest BCUT2D eigenvalue weighted by molar-refractivity contribution is -0.173. The van der Waals surface area contributed by atoms with E-state index in [1.165, 1.54) is 5.56 Å². The van der Waals surface area contributed by atoms with Gasteiger partial charge in [0.15, 0.2) is 0 Å². The third-order valence-electron chi connectivity index (χ3n) is 3.37. The van der Waals surface area contributed by atoms with Gasteiger partial charge in [-0.3, -0.25) is 0 Å². The van der Waals surface area contributed by atoms with Gasteiger partial charge < -0.3 is 15.4 Å². The molecule has 0 amide bonds. The van der Waals surface area contributed by atoms with E-state index in [4.69, 9.17) is 5.73 Å². The fourth-order valence-corrected chi connectivity index (χ4v) is 2.45. The second-order valence-corrected chi connectivity index (χ2v) is 4.93. The molecule has 6 heteroatoms. The van der Waals surface area contributed by atoms with E-state index in [9.17, 15) is 13.2 Å². The van der Waals surface area contributed by atoms with E-state index >= 15 is 0 Å². The molecule has 20 heavy (non-hydrogen) atoms. The van der Waals surface area contributed by atoms with E-state index in [-0.39, 0.29) is 6.61 Å². The topological polar surface area (TPSA) is 38.5 Å². The molecule has 2 N–H and O–H groups in total. The van der Waals surface area contributed by atoms with Crippen molar-refractivity contribution >= 4 is 5.69 Å². The lowest BCUT2D eigenvalue weighted by atomic mass is 9.99. The SMILES string of the molecule is NCc1ccc2c(c1)CCCN2CCOCC(F)(F)F. The lowest BCUT2D eigenvalue weighted by Crippen LogP contribution is -2.33. The van der Waals surface area contributed by atoms with Crippen LogP contribution in [0.2, 0.25) is 0 Å². The first kappa shape index (κ1) is 15.1. The molecule has 0 spiro atoms. The number of fused-ring (bicyclic) bond motifs is 1. The molecule has 0 unspecified atom stereocenters. The van der Waals surface area contributed by atoms with Gasteiger partial charge in [-0.1, -0.05) is 12.1 Å². The molecule has 0 saturated heterocycles. The molecule has 1 aromatic rings. The summed E-state index contributed by atoms with van der Waals surface area (Å²) >= 11 is 0. The van der Waals surface area contributed by atoms with Crippen LogP contribution in [0.3, 0.4) is 0 Å². The molecule has 3 nitrogen and oxygen atoms in total. The van der Waals surface area contributed by atoms with Crippen LogP contribution >= 0.6 is 0 Å². The average molecular weight is 288 g/mol. The van der Waals surface area contributed by atoms with Gasteiger partial charge in [-0.25, -0.2) is 0 Å². The fraction of sp³-hybridized carbons (Fsp3) is 0.571. The summed E-state index contributed by atoms with van der Waals surface area (Å²) in [6, 6.07) is 6.05. The van der Waals surface area contributed by atoms with Crippen molar-refractivity contribution in [2.45, 2.75) is 25.6 Å². The molecular formula is C14H19F3N2O. The Balaban J connectivity index is 1.92. The van der Waals surface area contributed by atoms with Crippen molar-refractivity contribution in [3.05, 3.63) is 29.3 Å². The van der Waals surface area contributed by atoms with Crippen molar-refractivity contribution in [2.24, 2.45) is 5.73 Å². The third kappa shape index (κ3) is 4.11. The largest absolute Gasteiger partial charge is 0.411 e. The molecule has 1 heterocycles. The molecule has 112 valence electrons. The van der Waals surface area contributed by atoms with Gasteiger partial charge in [0.05, 0.1) is 6.61 Å². The van der Waals surface area contributed by atoms with Crippen LogP contribution < -0.4 is 10.6 Å². The van der Waals surface area contributed by atoms with Crippen LogP contribution in [0.5, 0.6) is 0 Å². The minimum Gasteiger partial charge on any atom is -0.370 e. The van der Waals surface area contributed by atoms with Crippen LogP contribution in [0.25, 0.3) is 0 Å². The summed E-state index contributed by atoms with van der Waals surface area (Å²) in [6.45, 7) is 0.731. The number of hydrogen-bond acceptors (Lipinski definition) is 3. The zero-order valence-corrected chi connectivity index (χ0v) is 11.2. The Morgan fingerprint density at radius 3 is 2.80 bits per heavy atom. The predicted octanol–water partition coefficient (Wildman–Crippen LogP) is 2.48. The van der Waals surface area contributed by atoms with Gasteiger partial charge >= 0.3 is 6.18 Å². The van der Waals surface area contributed by atoms with E-state index < -0.39 is 12.8 Å². The molecule has 0 saturated carbocycles. The van der Waals surface area contributed by atoms with Crippen LogP contribution in [0.4, 0.5) is 18.9 Å². The number of nitrogens with zero attached hydrogens (tertiary/aromatic N) is 1. The number of benzene rings is 1. The minimum absolute atomic E-state index is 0.0809. The Hall–Kier alpha value is -1.27. The number of halogens is 3. The number of aryl methyl sites for hydroxylation is 1. The van der Waals surface area contributed by atoms with E-state index in [2.05, 4.69) is 15.7 Å². The Labute approximate surface area is 116 Å². The van der Waals surface area contributed by atoms with E-state index in [1.807, 2.05) is 12.1 Å². The monoisotopic (exact) mass is 288 g/mol. The Bertz CT molecular complexity index is 449. The average Bonchev–Trinajstić information content (AvgIpc) is 2.42. The maximum Gasteiger partial charge on any atom is 0.411 e. The van der Waals surface area contributed by atoms with Crippen molar-refractivity contribution in [2.75, 3.05) is 31.2 Å². The van der Waals surface area contributed by atoms with Crippen molar-refractivity contribution in [3.63, 3.8) is 0 Å². The first-order valence-electron chi connectivity index (χ1n) is 6.71. The highest BCUT2D eigenvalue weighted by atomic mass is 19.4. The van der Waals surface area contributed by atoms with Crippen LogP contribution in [-0.4, -0.2) is 32.5 Å². The normalized spacial score (nSPS) is 15.3. The molecule has 0 aromatic heterocycles. The summed E-state index contributed by atoms with van der Waals surface area (Å²) in [5.74, 6) is 0. The van der Waals surface area contributed by atoms with Gasteiger partial charge in [0.1, 0.15) is 6.61 Å². The van der Waals surface area contributed by atoms with Gasteiger partial charge in [-0.15, -0.1) is 0 Å². The lowest BCUT2D eigenvalue weighted by Gasteiger charge is -2.31. The molecule has 1 aromatic carbocycles. The summed E-state index contributed by atoms with van der Waals surface area (Å²) in [6.07, 6.45) is -2.26. The van der Waals surface area contributed by atoms with Crippen molar-refractivity contribution in [1.82, 2.24) is 0 Å². The second-order valence-electron chi connectivity index (χ2n) is 4.93. The van der Waals surface area contributed by atoms with Gasteiger partial charge in [-0.2, -0.15) is 13.2 Å². The molecule has 0 fully saturated rings. The number of alkyl halides is 3. The third-order valence-corrected chi connectivity index (χ3v) is 3.37. The number of nitrogens with two attached hydrogens (primary N) is 1. The maximum atomic E-state index is 12.0. The van der Waals surface area contributed by atoms with Crippen molar-refractivity contribution in [3.8, 4) is 0 Å². The smallest absolute Gasteiger partial charge is 0.370 e. The molecule has 0 atom stereocenters.